The van der Waals surface area contributed by atoms with Gasteiger partial charge in [-0.25, -0.2) is 4.98 Å². The summed E-state index contributed by atoms with van der Waals surface area (Å²) in [5, 5.41) is 6.99. The number of hydrogen-bond donors (Lipinski definition) is 2. The molecule has 2 N–H and O–H groups in total. The Hall–Kier alpha value is -0.830. The molecule has 7 heteroatoms. The summed E-state index contributed by atoms with van der Waals surface area (Å²) in [6.07, 6.45) is 12.6. The molecule has 0 unspecified atom stereocenters. The number of nitrogens with one attached hydrogen (secondary N) is 2. The number of nitrogens with zero attached hydrogens (tertiary/aromatic N) is 3. The highest BCUT2D eigenvalue weighted by atomic mass is 127. The van der Waals surface area contributed by atoms with Gasteiger partial charge in [0, 0.05) is 24.5 Å². The Balaban J connectivity index is 0.00000300. The van der Waals surface area contributed by atoms with Crippen LogP contribution in [0.15, 0.2) is 15.6 Å². The maximum absolute atomic E-state index is 5.89. The number of halogens is 1. The van der Waals surface area contributed by atoms with Gasteiger partial charge in [-0.3, -0.25) is 9.89 Å². The summed E-state index contributed by atoms with van der Waals surface area (Å²) >= 11 is 0. The van der Waals surface area contributed by atoms with Crippen molar-refractivity contribution >= 4 is 29.9 Å². The second kappa shape index (κ2) is 11.0. The van der Waals surface area contributed by atoms with E-state index in [2.05, 4.69) is 46.3 Å². The van der Waals surface area contributed by atoms with Crippen LogP contribution in [0.1, 0.15) is 83.8 Å². The summed E-state index contributed by atoms with van der Waals surface area (Å²) in [4.78, 5) is 11.6. The quantitative estimate of drug-likeness (QED) is 0.344. The average molecular weight is 518 g/mol. The van der Waals surface area contributed by atoms with Crippen molar-refractivity contribution in [3.63, 3.8) is 0 Å². The lowest BCUT2D eigenvalue weighted by Crippen LogP contribution is -2.59. The Kier molecular flexibility index (Phi) is 9.25. The summed E-state index contributed by atoms with van der Waals surface area (Å²) in [5.74, 6) is 2.45. The van der Waals surface area contributed by atoms with Crippen molar-refractivity contribution in [3.05, 3.63) is 17.8 Å². The Morgan fingerprint density at radius 2 is 1.76 bits per heavy atom. The van der Waals surface area contributed by atoms with Crippen LogP contribution in [0.2, 0.25) is 0 Å². The highest BCUT2D eigenvalue weighted by Crippen LogP contribution is 2.35. The number of aromatic nitrogens is 1. The Morgan fingerprint density at radius 3 is 2.34 bits per heavy atom. The molecule has 0 atom stereocenters. The molecule has 1 aliphatic heterocycles. The maximum Gasteiger partial charge on any atom is 0.213 e. The largest absolute Gasteiger partial charge is 0.443 e. The first-order valence-corrected chi connectivity index (χ1v) is 11.1. The number of piperidine rings is 1. The molecule has 1 saturated heterocycles. The number of oxazole rings is 1. The highest BCUT2D eigenvalue weighted by molar-refractivity contribution is 14.0. The van der Waals surface area contributed by atoms with Crippen molar-refractivity contribution < 1.29 is 4.42 Å². The maximum atomic E-state index is 5.89. The predicted molar refractivity (Wildman–Crippen MR) is 130 cm³/mol. The Labute approximate surface area is 193 Å². The zero-order valence-electron chi connectivity index (χ0n) is 18.7. The van der Waals surface area contributed by atoms with Crippen LogP contribution in [-0.4, -0.2) is 48.1 Å². The van der Waals surface area contributed by atoms with Crippen LogP contribution in [0.25, 0.3) is 0 Å². The molecule has 2 aliphatic rings. The first-order valence-electron chi connectivity index (χ1n) is 11.1. The number of hydrogen-bond acceptors (Lipinski definition) is 4. The number of guanidine groups is 1. The first-order chi connectivity index (χ1) is 13.4. The van der Waals surface area contributed by atoms with Crippen molar-refractivity contribution in [2.45, 2.75) is 89.6 Å². The van der Waals surface area contributed by atoms with Gasteiger partial charge in [0.25, 0.3) is 0 Å². The molecule has 1 aliphatic carbocycles. The van der Waals surface area contributed by atoms with Gasteiger partial charge in [-0.1, -0.05) is 46.5 Å². The molecular formula is C22H40IN5O. The fraction of sp³-hybridized carbons (Fsp3) is 0.818. The molecule has 29 heavy (non-hydrogen) atoms. The van der Waals surface area contributed by atoms with Crippen molar-refractivity contribution in [1.82, 2.24) is 20.5 Å². The minimum atomic E-state index is -0.0209. The van der Waals surface area contributed by atoms with E-state index in [0.717, 1.165) is 18.3 Å². The Morgan fingerprint density at radius 1 is 1.10 bits per heavy atom. The van der Waals surface area contributed by atoms with Crippen LogP contribution >= 0.6 is 24.0 Å². The second-order valence-electron chi connectivity index (χ2n) is 9.48. The van der Waals surface area contributed by atoms with E-state index in [9.17, 15) is 0 Å². The van der Waals surface area contributed by atoms with Gasteiger partial charge in [0.05, 0.1) is 12.7 Å². The summed E-state index contributed by atoms with van der Waals surface area (Å²) < 4.78 is 5.89. The van der Waals surface area contributed by atoms with Gasteiger partial charge in [-0.05, 0) is 38.8 Å². The summed E-state index contributed by atoms with van der Waals surface area (Å²) in [6, 6.07) is 0. The van der Waals surface area contributed by atoms with Crippen LogP contribution in [-0.2, 0) is 12.0 Å². The zero-order valence-corrected chi connectivity index (χ0v) is 21.1. The lowest BCUT2D eigenvalue weighted by atomic mass is 9.79. The topological polar surface area (TPSA) is 65.7 Å². The molecule has 2 fully saturated rings. The zero-order chi connectivity index (χ0) is 20.0. The van der Waals surface area contributed by atoms with Crippen LogP contribution in [0.4, 0.5) is 0 Å². The van der Waals surface area contributed by atoms with E-state index in [1.165, 1.54) is 64.5 Å². The fourth-order valence-corrected chi connectivity index (χ4v) is 4.55. The summed E-state index contributed by atoms with van der Waals surface area (Å²) in [7, 11) is 1.83. The van der Waals surface area contributed by atoms with E-state index in [-0.39, 0.29) is 29.4 Å². The third kappa shape index (κ3) is 6.57. The van der Waals surface area contributed by atoms with Crippen LogP contribution in [0.3, 0.4) is 0 Å². The fourth-order valence-electron chi connectivity index (χ4n) is 4.55. The van der Waals surface area contributed by atoms with Crippen molar-refractivity contribution in [3.8, 4) is 0 Å². The van der Waals surface area contributed by atoms with Gasteiger partial charge >= 0.3 is 0 Å². The van der Waals surface area contributed by atoms with Crippen molar-refractivity contribution in [2.75, 3.05) is 26.7 Å². The molecule has 2 heterocycles. The molecule has 1 aromatic rings. The molecule has 1 saturated carbocycles. The van der Waals surface area contributed by atoms with E-state index >= 15 is 0 Å². The minimum Gasteiger partial charge on any atom is -0.443 e. The van der Waals surface area contributed by atoms with Crippen LogP contribution in [0.5, 0.6) is 0 Å². The molecule has 0 bridgehead atoms. The van der Waals surface area contributed by atoms with Crippen LogP contribution in [0, 0.1) is 0 Å². The Bertz CT molecular complexity index is 640. The summed E-state index contributed by atoms with van der Waals surface area (Å²) in [5.41, 5.74) is 0.269. The molecular weight excluding hydrogens is 477 g/mol. The molecule has 6 nitrogen and oxygen atoms in total. The van der Waals surface area contributed by atoms with E-state index < -0.39 is 0 Å². The molecule has 0 aromatic carbocycles. The predicted octanol–water partition coefficient (Wildman–Crippen LogP) is 4.44. The number of aliphatic imine (C=N–C) groups is 1. The first kappa shape index (κ1) is 24.4. The van der Waals surface area contributed by atoms with Gasteiger partial charge in [0.15, 0.2) is 5.96 Å². The van der Waals surface area contributed by atoms with E-state index in [1.807, 2.05) is 13.2 Å². The monoisotopic (exact) mass is 517 g/mol. The smallest absolute Gasteiger partial charge is 0.213 e. The van der Waals surface area contributed by atoms with Gasteiger partial charge in [0.2, 0.25) is 5.89 Å². The minimum absolute atomic E-state index is 0. The number of likely N-dealkylation sites (tertiary alicyclic amines) is 1. The molecule has 1 aromatic heterocycles. The van der Waals surface area contributed by atoms with E-state index in [4.69, 9.17) is 4.42 Å². The van der Waals surface area contributed by atoms with Gasteiger partial charge in [-0.2, -0.15) is 0 Å². The molecule has 0 radical (unpaired) electrons. The SMILES string of the molecule is CN=C(NCc1ncc(C(C)(C)C)o1)NCC1(N2CCCCC2)CCCCC1.I. The molecule has 3 rings (SSSR count). The standard InChI is InChI=1S/C22H39N5O.HI/c1-21(2,3)18-15-24-19(28-18)16-25-20(23-4)26-17-22(11-7-5-8-12-22)27-13-9-6-10-14-27;/h15H,5-14,16-17H2,1-4H3,(H2,23,25,26);1H. The molecule has 0 amide bonds. The van der Waals surface area contributed by atoms with Crippen molar-refractivity contribution in [1.29, 1.82) is 0 Å². The van der Waals surface area contributed by atoms with E-state index in [1.54, 1.807) is 0 Å². The molecule has 0 spiro atoms. The highest BCUT2D eigenvalue weighted by Gasteiger charge is 2.38. The normalized spacial score (nSPS) is 20.8. The lowest BCUT2D eigenvalue weighted by molar-refractivity contribution is 0.0368. The average Bonchev–Trinajstić information content (AvgIpc) is 3.19. The van der Waals surface area contributed by atoms with Crippen molar-refractivity contribution in [2.24, 2.45) is 4.99 Å². The second-order valence-corrected chi connectivity index (χ2v) is 9.48. The molecule has 166 valence electrons. The summed E-state index contributed by atoms with van der Waals surface area (Å²) in [6.45, 7) is 10.4. The van der Waals surface area contributed by atoms with E-state index in [0.29, 0.717) is 18.0 Å². The lowest BCUT2D eigenvalue weighted by Gasteiger charge is -2.48. The van der Waals surface area contributed by atoms with Gasteiger partial charge < -0.3 is 15.1 Å². The number of rotatable bonds is 5. The third-order valence-electron chi connectivity index (χ3n) is 6.32. The van der Waals surface area contributed by atoms with Gasteiger partial charge in [-0.15, -0.1) is 24.0 Å². The third-order valence-corrected chi connectivity index (χ3v) is 6.32. The van der Waals surface area contributed by atoms with Gasteiger partial charge in [0.1, 0.15) is 5.76 Å². The van der Waals surface area contributed by atoms with Crippen LogP contribution < -0.4 is 10.6 Å².